The molecule has 0 saturated carbocycles. The Morgan fingerprint density at radius 3 is 2.51 bits per heavy atom. The number of nitrogens with one attached hydrogen (secondary N) is 3. The number of urea groups is 1. The third-order valence-electron chi connectivity index (χ3n) is 6.08. The number of aryl methyl sites for hydroxylation is 1. The summed E-state index contributed by atoms with van der Waals surface area (Å²) in [6, 6.07) is 9.20. The van der Waals surface area contributed by atoms with Gasteiger partial charge in [-0.15, -0.1) is 11.8 Å². The molecule has 9 nitrogen and oxygen atoms in total. The van der Waals surface area contributed by atoms with Crippen molar-refractivity contribution < 1.29 is 19.5 Å². The largest absolute Gasteiger partial charge is 0.381 e. The van der Waals surface area contributed by atoms with E-state index in [1.54, 1.807) is 31.5 Å². The highest BCUT2D eigenvalue weighted by atomic mass is 32.2. The average Bonchev–Trinajstić information content (AvgIpc) is 3.16. The summed E-state index contributed by atoms with van der Waals surface area (Å²) in [6.45, 7) is 7.94. The van der Waals surface area contributed by atoms with Gasteiger partial charge in [0, 0.05) is 30.2 Å². The molecule has 1 aliphatic heterocycles. The number of benzene rings is 1. The van der Waals surface area contributed by atoms with Gasteiger partial charge in [0.15, 0.2) is 6.10 Å². The van der Waals surface area contributed by atoms with Crippen LogP contribution in [0.15, 0.2) is 48.8 Å². The fourth-order valence-corrected chi connectivity index (χ4v) is 5.04. The predicted molar refractivity (Wildman–Crippen MR) is 135 cm³/mol. The SMILES string of the molecule is Cc1ccccc1CNC(=O)NC(C)C(O)C(=O)N1CSC(C)(C)[C@H]1C(=O)NCc1ccncc1. The third kappa shape index (κ3) is 6.73. The van der Waals surface area contributed by atoms with Gasteiger partial charge in [-0.05, 0) is 56.5 Å². The van der Waals surface area contributed by atoms with E-state index in [1.807, 2.05) is 45.0 Å². The normalized spacial score (nSPS) is 18.4. The molecule has 35 heavy (non-hydrogen) atoms. The molecular formula is C25H33N5O4S. The van der Waals surface area contributed by atoms with Crippen molar-refractivity contribution in [2.24, 2.45) is 0 Å². The lowest BCUT2D eigenvalue weighted by Crippen LogP contribution is -2.58. The van der Waals surface area contributed by atoms with Crippen LogP contribution >= 0.6 is 11.8 Å². The van der Waals surface area contributed by atoms with Crippen molar-refractivity contribution in [3.63, 3.8) is 0 Å². The highest BCUT2D eigenvalue weighted by molar-refractivity contribution is 8.00. The van der Waals surface area contributed by atoms with E-state index in [0.717, 1.165) is 16.7 Å². The van der Waals surface area contributed by atoms with Gasteiger partial charge < -0.3 is 26.0 Å². The van der Waals surface area contributed by atoms with E-state index in [0.29, 0.717) is 13.1 Å². The minimum Gasteiger partial charge on any atom is -0.381 e. The summed E-state index contributed by atoms with van der Waals surface area (Å²) in [5.74, 6) is -0.629. The summed E-state index contributed by atoms with van der Waals surface area (Å²) in [6.07, 6.45) is 1.80. The Hall–Kier alpha value is -3.11. The fraction of sp³-hybridized carbons (Fsp3) is 0.440. The molecule has 188 valence electrons. The van der Waals surface area contributed by atoms with Gasteiger partial charge in [-0.3, -0.25) is 14.6 Å². The van der Waals surface area contributed by atoms with Crippen LogP contribution in [0.25, 0.3) is 0 Å². The van der Waals surface area contributed by atoms with Gasteiger partial charge >= 0.3 is 6.03 Å². The Morgan fingerprint density at radius 2 is 1.83 bits per heavy atom. The first kappa shape index (κ1) is 26.5. The number of aliphatic hydroxyl groups is 1. The lowest BCUT2D eigenvalue weighted by molar-refractivity contribution is -0.147. The summed E-state index contributed by atoms with van der Waals surface area (Å²) in [5.41, 5.74) is 2.92. The summed E-state index contributed by atoms with van der Waals surface area (Å²) in [7, 11) is 0. The number of carbonyl (C=O) groups excluding carboxylic acids is 3. The molecule has 1 saturated heterocycles. The third-order valence-corrected chi connectivity index (χ3v) is 7.45. The van der Waals surface area contributed by atoms with Crippen molar-refractivity contribution in [1.29, 1.82) is 0 Å². The van der Waals surface area contributed by atoms with Crippen LogP contribution in [0, 0.1) is 6.92 Å². The first-order chi connectivity index (χ1) is 16.6. The van der Waals surface area contributed by atoms with Gasteiger partial charge in [-0.1, -0.05) is 24.3 Å². The van der Waals surface area contributed by atoms with E-state index < -0.39 is 34.9 Å². The second kappa shape index (κ2) is 11.5. The van der Waals surface area contributed by atoms with E-state index >= 15 is 0 Å². The smallest absolute Gasteiger partial charge is 0.315 e. The van der Waals surface area contributed by atoms with Gasteiger partial charge in [-0.2, -0.15) is 0 Å². The van der Waals surface area contributed by atoms with Gasteiger partial charge in [0.05, 0.1) is 11.9 Å². The summed E-state index contributed by atoms with van der Waals surface area (Å²) in [4.78, 5) is 43.9. The summed E-state index contributed by atoms with van der Waals surface area (Å²) >= 11 is 1.47. The van der Waals surface area contributed by atoms with Crippen molar-refractivity contribution in [2.45, 2.75) is 63.7 Å². The van der Waals surface area contributed by atoms with E-state index in [-0.39, 0.29) is 11.8 Å². The molecule has 0 bridgehead atoms. The number of amides is 4. The van der Waals surface area contributed by atoms with Crippen LogP contribution in [-0.4, -0.2) is 61.6 Å². The molecule has 1 aromatic carbocycles. The number of rotatable bonds is 8. The number of hydrogen-bond donors (Lipinski definition) is 4. The highest BCUT2D eigenvalue weighted by Gasteiger charge is 2.49. The van der Waals surface area contributed by atoms with Crippen LogP contribution in [0.3, 0.4) is 0 Å². The molecule has 0 spiro atoms. The number of thioether (sulfide) groups is 1. The molecule has 4 amide bonds. The van der Waals surface area contributed by atoms with Crippen molar-refractivity contribution in [2.75, 3.05) is 5.88 Å². The molecule has 2 aromatic rings. The highest BCUT2D eigenvalue weighted by Crippen LogP contribution is 2.39. The maximum Gasteiger partial charge on any atom is 0.315 e. The van der Waals surface area contributed by atoms with Gasteiger partial charge in [-0.25, -0.2) is 4.79 Å². The molecule has 2 unspecified atom stereocenters. The molecular weight excluding hydrogens is 466 g/mol. The zero-order valence-corrected chi connectivity index (χ0v) is 21.3. The standard InChI is InChI=1S/C25H33N5O4S/c1-16-7-5-6-8-19(16)14-28-24(34)29-17(2)20(31)23(33)30-15-35-25(3,4)21(30)22(32)27-13-18-9-11-26-12-10-18/h5-12,17,20-21,31H,13-15H2,1-4H3,(H,27,32)(H2,28,29,34)/t17?,20?,21-/m1/s1. The predicted octanol–water partition coefficient (Wildman–Crippen LogP) is 1.94. The molecule has 0 aliphatic carbocycles. The Balaban J connectivity index is 1.58. The van der Waals surface area contributed by atoms with Crippen LogP contribution in [0.1, 0.15) is 37.5 Å². The minimum absolute atomic E-state index is 0.266. The zero-order chi connectivity index (χ0) is 25.6. The van der Waals surface area contributed by atoms with Gasteiger partial charge in [0.2, 0.25) is 5.91 Å². The number of aliphatic hydroxyl groups excluding tert-OH is 1. The number of hydrogen-bond acceptors (Lipinski definition) is 6. The quantitative estimate of drug-likeness (QED) is 0.440. The Kier molecular flexibility index (Phi) is 8.74. The molecule has 3 atom stereocenters. The van der Waals surface area contributed by atoms with E-state index in [9.17, 15) is 19.5 Å². The van der Waals surface area contributed by atoms with E-state index in [4.69, 9.17) is 0 Å². The van der Waals surface area contributed by atoms with Gasteiger partial charge in [0.25, 0.3) is 5.91 Å². The summed E-state index contributed by atoms with van der Waals surface area (Å²) < 4.78 is -0.542. The second-order valence-corrected chi connectivity index (χ2v) is 10.7. The minimum atomic E-state index is -1.50. The number of aromatic nitrogens is 1. The molecule has 2 heterocycles. The van der Waals surface area contributed by atoms with Crippen molar-refractivity contribution >= 4 is 29.6 Å². The molecule has 1 aromatic heterocycles. The van der Waals surface area contributed by atoms with Crippen molar-refractivity contribution in [3.05, 3.63) is 65.5 Å². The topological polar surface area (TPSA) is 124 Å². The first-order valence-corrected chi connectivity index (χ1v) is 12.5. The Bertz CT molecular complexity index is 1050. The molecule has 1 aliphatic rings. The second-order valence-electron chi connectivity index (χ2n) is 9.15. The lowest BCUT2D eigenvalue weighted by Gasteiger charge is -2.32. The molecule has 10 heteroatoms. The van der Waals surface area contributed by atoms with Crippen LogP contribution in [0.4, 0.5) is 4.79 Å². The zero-order valence-electron chi connectivity index (χ0n) is 20.4. The maximum absolute atomic E-state index is 13.2. The molecule has 0 radical (unpaired) electrons. The van der Waals surface area contributed by atoms with Crippen molar-refractivity contribution in [1.82, 2.24) is 25.8 Å². The van der Waals surface area contributed by atoms with Gasteiger partial charge in [0.1, 0.15) is 6.04 Å². The van der Waals surface area contributed by atoms with Crippen LogP contribution in [-0.2, 0) is 22.7 Å². The van der Waals surface area contributed by atoms with Crippen LogP contribution < -0.4 is 16.0 Å². The average molecular weight is 500 g/mol. The first-order valence-electron chi connectivity index (χ1n) is 11.5. The Labute approximate surface area is 210 Å². The monoisotopic (exact) mass is 499 g/mol. The van der Waals surface area contributed by atoms with Crippen molar-refractivity contribution in [3.8, 4) is 0 Å². The van der Waals surface area contributed by atoms with E-state index in [1.165, 1.54) is 16.7 Å². The number of carbonyl (C=O) groups is 3. The fourth-order valence-electron chi connectivity index (χ4n) is 3.90. The maximum atomic E-state index is 13.2. The van der Waals surface area contributed by atoms with Crippen LogP contribution in [0.2, 0.25) is 0 Å². The summed E-state index contributed by atoms with van der Waals surface area (Å²) in [5, 5.41) is 19.0. The number of nitrogens with zero attached hydrogens (tertiary/aromatic N) is 2. The van der Waals surface area contributed by atoms with E-state index in [2.05, 4.69) is 20.9 Å². The molecule has 3 rings (SSSR count). The molecule has 4 N–H and O–H groups in total. The Morgan fingerprint density at radius 1 is 1.14 bits per heavy atom. The number of pyridine rings is 1. The molecule has 1 fully saturated rings. The van der Waals surface area contributed by atoms with Crippen LogP contribution in [0.5, 0.6) is 0 Å². The lowest BCUT2D eigenvalue weighted by atomic mass is 9.99.